The van der Waals surface area contributed by atoms with Gasteiger partial charge in [0.15, 0.2) is 0 Å². The zero-order chi connectivity index (χ0) is 15.6. The van der Waals surface area contributed by atoms with E-state index in [0.717, 1.165) is 22.2 Å². The summed E-state index contributed by atoms with van der Waals surface area (Å²) in [7, 11) is 0. The van der Waals surface area contributed by atoms with Crippen LogP contribution >= 0.6 is 0 Å². The fourth-order valence-corrected chi connectivity index (χ4v) is 2.73. The lowest BCUT2D eigenvalue weighted by Gasteiger charge is -2.07. The van der Waals surface area contributed by atoms with Crippen molar-refractivity contribution in [2.75, 3.05) is 0 Å². The first kappa shape index (κ1) is 15.6. The number of H-pyrrole nitrogens is 1. The highest BCUT2D eigenvalue weighted by atomic mass is 16.4. The van der Waals surface area contributed by atoms with Gasteiger partial charge in [-0.1, -0.05) is 32.0 Å². The number of hydrogen-bond donors (Lipinski definition) is 3. The third kappa shape index (κ3) is 3.10. The molecule has 1 aliphatic rings. The Balaban J connectivity index is 0.000000774. The molecule has 0 radical (unpaired) electrons. The van der Waals surface area contributed by atoms with Gasteiger partial charge in [0.1, 0.15) is 6.04 Å². The number of nitrogens with two attached hydrogens (primary N) is 1. The third-order valence-electron chi connectivity index (χ3n) is 3.95. The zero-order valence-corrected chi connectivity index (χ0v) is 12.9. The number of aromatic nitrogens is 1. The van der Waals surface area contributed by atoms with Crippen molar-refractivity contribution in [2.24, 2.45) is 5.73 Å². The van der Waals surface area contributed by atoms with Crippen molar-refractivity contribution in [3.8, 4) is 0 Å². The number of aliphatic carboxylic acids is 1. The lowest BCUT2D eigenvalue weighted by Crippen LogP contribution is -2.32. The van der Waals surface area contributed by atoms with Crippen molar-refractivity contribution in [3.63, 3.8) is 0 Å². The van der Waals surface area contributed by atoms with Crippen molar-refractivity contribution in [1.29, 1.82) is 0 Å². The molecule has 1 aromatic heterocycles. The molecule has 0 bridgehead atoms. The molecule has 21 heavy (non-hydrogen) atoms. The van der Waals surface area contributed by atoms with Gasteiger partial charge in [-0.3, -0.25) is 4.79 Å². The number of hydrogen-bond acceptors (Lipinski definition) is 2. The molecule has 4 N–H and O–H groups in total. The monoisotopic (exact) mass is 288 g/mol. The molecule has 1 unspecified atom stereocenters. The molecule has 0 aliphatic heterocycles. The summed E-state index contributed by atoms with van der Waals surface area (Å²) in [4.78, 5) is 14.3. The van der Waals surface area contributed by atoms with E-state index in [1.54, 1.807) is 0 Å². The van der Waals surface area contributed by atoms with Gasteiger partial charge in [0.05, 0.1) is 0 Å². The van der Waals surface area contributed by atoms with Crippen LogP contribution in [0.25, 0.3) is 10.9 Å². The average Bonchev–Trinajstić information content (AvgIpc) is 3.27. The number of rotatable bonds is 4. The maximum Gasteiger partial charge on any atom is 0.320 e. The maximum atomic E-state index is 10.9. The van der Waals surface area contributed by atoms with Crippen LogP contribution in [0.3, 0.4) is 0 Å². The smallest absolute Gasteiger partial charge is 0.320 e. The molecule has 2 aromatic rings. The van der Waals surface area contributed by atoms with Crippen molar-refractivity contribution in [1.82, 2.24) is 4.98 Å². The minimum absolute atomic E-state index is 0.370. The van der Waals surface area contributed by atoms with Crippen LogP contribution in [-0.4, -0.2) is 22.1 Å². The second-order valence-electron chi connectivity index (χ2n) is 5.42. The second kappa shape index (κ2) is 6.31. The highest BCUT2D eigenvalue weighted by Gasteiger charge is 2.27. The summed E-state index contributed by atoms with van der Waals surface area (Å²) in [5.74, 6) is -0.283. The Morgan fingerprint density at radius 2 is 2.10 bits per heavy atom. The van der Waals surface area contributed by atoms with E-state index in [0.29, 0.717) is 12.3 Å². The van der Waals surface area contributed by atoms with Gasteiger partial charge in [-0.2, -0.15) is 0 Å². The molecule has 0 spiro atoms. The van der Waals surface area contributed by atoms with Gasteiger partial charge in [0.2, 0.25) is 0 Å². The van der Waals surface area contributed by atoms with Gasteiger partial charge in [-0.05, 0) is 36.8 Å². The minimum Gasteiger partial charge on any atom is -0.480 e. The number of carboxylic acids is 1. The Labute approximate surface area is 125 Å². The number of aryl methyl sites for hydroxylation is 1. The third-order valence-corrected chi connectivity index (χ3v) is 3.95. The van der Waals surface area contributed by atoms with Crippen LogP contribution in [0.15, 0.2) is 18.2 Å². The van der Waals surface area contributed by atoms with Crippen molar-refractivity contribution in [2.45, 2.75) is 52.0 Å². The van der Waals surface area contributed by atoms with E-state index in [1.807, 2.05) is 20.8 Å². The summed E-state index contributed by atoms with van der Waals surface area (Å²) in [5.41, 5.74) is 10.2. The number of aromatic amines is 1. The lowest BCUT2D eigenvalue weighted by atomic mass is 10.0. The summed E-state index contributed by atoms with van der Waals surface area (Å²) in [6.07, 6.45) is 2.87. The molecule has 0 amide bonds. The molecule has 1 aromatic carbocycles. The first-order valence-electron chi connectivity index (χ1n) is 7.66. The van der Waals surface area contributed by atoms with Crippen molar-refractivity contribution >= 4 is 16.9 Å². The largest absolute Gasteiger partial charge is 0.480 e. The molecule has 114 valence electrons. The summed E-state index contributed by atoms with van der Waals surface area (Å²) in [6, 6.07) is 5.42. The number of carbonyl (C=O) groups is 1. The first-order valence-corrected chi connectivity index (χ1v) is 7.66. The maximum absolute atomic E-state index is 10.9. The van der Waals surface area contributed by atoms with Crippen LogP contribution in [0.4, 0.5) is 0 Å². The van der Waals surface area contributed by atoms with E-state index in [9.17, 15) is 4.79 Å². The van der Waals surface area contributed by atoms with Crippen LogP contribution in [0.2, 0.25) is 0 Å². The van der Waals surface area contributed by atoms with Crippen molar-refractivity contribution < 1.29 is 9.90 Å². The molecule has 1 heterocycles. The first-order chi connectivity index (χ1) is 10.1. The number of benzene rings is 1. The molecule has 1 aliphatic carbocycles. The Hall–Kier alpha value is -1.81. The van der Waals surface area contributed by atoms with Crippen molar-refractivity contribution in [3.05, 3.63) is 35.0 Å². The van der Waals surface area contributed by atoms with Gasteiger partial charge < -0.3 is 15.8 Å². The van der Waals surface area contributed by atoms with Crippen LogP contribution in [0.5, 0.6) is 0 Å². The predicted molar refractivity (Wildman–Crippen MR) is 85.7 cm³/mol. The molecule has 4 nitrogen and oxygen atoms in total. The van der Waals surface area contributed by atoms with E-state index in [1.165, 1.54) is 18.4 Å². The predicted octanol–water partition coefficient (Wildman–Crippen LogP) is 3.33. The molecule has 1 atom stereocenters. The average molecular weight is 288 g/mol. The Morgan fingerprint density at radius 1 is 1.43 bits per heavy atom. The topological polar surface area (TPSA) is 79.1 Å². The van der Waals surface area contributed by atoms with E-state index >= 15 is 0 Å². The molecule has 3 rings (SSSR count). The van der Waals surface area contributed by atoms with Gasteiger partial charge in [0, 0.05) is 23.0 Å². The summed E-state index contributed by atoms with van der Waals surface area (Å²) >= 11 is 0. The molecule has 4 heteroatoms. The van der Waals surface area contributed by atoms with Gasteiger partial charge in [-0.15, -0.1) is 0 Å². The zero-order valence-electron chi connectivity index (χ0n) is 12.9. The normalized spacial score (nSPS) is 15.4. The summed E-state index contributed by atoms with van der Waals surface area (Å²) in [6.45, 7) is 5.99. The number of nitrogens with one attached hydrogen (secondary N) is 1. The van der Waals surface area contributed by atoms with E-state index in [2.05, 4.69) is 23.2 Å². The molecule has 0 saturated heterocycles. The Kier molecular flexibility index (Phi) is 4.68. The minimum atomic E-state index is -0.952. The molecular weight excluding hydrogens is 264 g/mol. The summed E-state index contributed by atoms with van der Waals surface area (Å²) < 4.78 is 0. The quantitative estimate of drug-likeness (QED) is 0.807. The number of fused-ring (bicyclic) bond motifs is 1. The van der Waals surface area contributed by atoms with E-state index in [-0.39, 0.29) is 0 Å². The lowest BCUT2D eigenvalue weighted by molar-refractivity contribution is -0.138. The van der Waals surface area contributed by atoms with Gasteiger partial charge in [-0.25, -0.2) is 0 Å². The van der Waals surface area contributed by atoms with Crippen LogP contribution in [0.1, 0.15) is 49.4 Å². The fourth-order valence-electron chi connectivity index (χ4n) is 2.73. The van der Waals surface area contributed by atoms with E-state index in [4.69, 9.17) is 10.8 Å². The van der Waals surface area contributed by atoms with Gasteiger partial charge >= 0.3 is 5.97 Å². The van der Waals surface area contributed by atoms with Gasteiger partial charge in [0.25, 0.3) is 0 Å². The Morgan fingerprint density at radius 3 is 2.67 bits per heavy atom. The molecule has 1 fully saturated rings. The molecular formula is C17H24N2O2. The number of carboxylic acid groups (broad SMARTS) is 1. The highest BCUT2D eigenvalue weighted by Crippen LogP contribution is 2.43. The van der Waals surface area contributed by atoms with Crippen LogP contribution < -0.4 is 5.73 Å². The number of para-hydroxylation sites is 1. The highest BCUT2D eigenvalue weighted by molar-refractivity contribution is 5.88. The van der Waals surface area contributed by atoms with Crippen LogP contribution in [0, 0.1) is 6.92 Å². The summed E-state index contributed by atoms with van der Waals surface area (Å²) in [5, 5.41) is 10.1. The van der Waals surface area contributed by atoms with E-state index < -0.39 is 12.0 Å². The molecule has 1 saturated carbocycles. The second-order valence-corrected chi connectivity index (χ2v) is 5.42. The van der Waals surface area contributed by atoms with Crippen LogP contribution in [-0.2, 0) is 11.2 Å². The fraction of sp³-hybridized carbons (Fsp3) is 0.471. The SMILES string of the molecule is CC.Cc1[nH]c2c(C3CC3)cccc2c1CC(N)C(=O)O. The standard InChI is InChI=1S/C15H18N2O2.C2H6/c1-8-12(7-13(16)15(18)19)11-4-2-3-10(9-5-6-9)14(11)17-8;1-2/h2-4,9,13,17H,5-7,16H2,1H3,(H,18,19);1-2H3. The Bertz CT molecular complexity index is 642.